The fourth-order valence-corrected chi connectivity index (χ4v) is 4.30. The van der Waals surface area contributed by atoms with E-state index in [1.807, 2.05) is 27.3 Å². The fraction of sp³-hybridized carbons (Fsp3) is 0.647. The quantitative estimate of drug-likeness (QED) is 0.849. The molecule has 2 aliphatic rings. The van der Waals surface area contributed by atoms with E-state index in [-0.39, 0.29) is 24.2 Å². The monoisotopic (exact) mass is 387 g/mol. The summed E-state index contributed by atoms with van der Waals surface area (Å²) in [5, 5.41) is 5.23. The second kappa shape index (κ2) is 8.98. The number of carbonyl (C=O) groups is 2. The van der Waals surface area contributed by atoms with Gasteiger partial charge in [-0.2, -0.15) is 0 Å². The molecule has 0 bridgehead atoms. The Morgan fingerprint density at radius 3 is 2.40 bits per heavy atom. The number of halogens is 1. The van der Waals surface area contributed by atoms with Gasteiger partial charge in [0.25, 0.3) is 5.91 Å². The molecule has 0 spiro atoms. The number of hydrogen-bond donors (Lipinski definition) is 1. The minimum atomic E-state index is -0.403. The molecule has 1 aromatic rings. The van der Waals surface area contributed by atoms with Crippen molar-refractivity contribution in [2.45, 2.75) is 12.8 Å². The van der Waals surface area contributed by atoms with E-state index < -0.39 is 5.41 Å². The van der Waals surface area contributed by atoms with E-state index in [0.717, 1.165) is 30.8 Å². The first-order valence-electron chi connectivity index (χ1n) is 8.48. The first-order chi connectivity index (χ1) is 11.7. The minimum absolute atomic E-state index is 0. The van der Waals surface area contributed by atoms with Crippen LogP contribution < -0.4 is 5.32 Å². The average Bonchev–Trinajstić information content (AvgIpc) is 3.16. The van der Waals surface area contributed by atoms with Crippen LogP contribution in [0.2, 0.25) is 0 Å². The third-order valence-electron chi connectivity index (χ3n) is 5.02. The van der Waals surface area contributed by atoms with Gasteiger partial charge >= 0.3 is 0 Å². The molecule has 2 amide bonds. The van der Waals surface area contributed by atoms with E-state index in [4.69, 9.17) is 4.74 Å². The van der Waals surface area contributed by atoms with Crippen LogP contribution in [0, 0.1) is 5.41 Å². The lowest BCUT2D eigenvalue weighted by molar-refractivity contribution is -0.149. The van der Waals surface area contributed by atoms with Crippen LogP contribution in [-0.2, 0) is 9.53 Å². The molecule has 8 heteroatoms. The molecule has 0 unspecified atom stereocenters. The zero-order valence-electron chi connectivity index (χ0n) is 14.5. The molecule has 2 fully saturated rings. The predicted molar refractivity (Wildman–Crippen MR) is 100 cm³/mol. The van der Waals surface area contributed by atoms with Crippen molar-refractivity contribution in [3.8, 4) is 0 Å². The lowest BCUT2D eigenvalue weighted by atomic mass is 9.78. The van der Waals surface area contributed by atoms with Crippen molar-refractivity contribution in [2.24, 2.45) is 5.41 Å². The first kappa shape index (κ1) is 20.2. The number of ether oxygens (including phenoxy) is 1. The third kappa shape index (κ3) is 4.34. The number of nitrogens with zero attached hydrogens (tertiary/aromatic N) is 2. The molecule has 25 heavy (non-hydrogen) atoms. The zero-order chi connectivity index (χ0) is 17.0. The van der Waals surface area contributed by atoms with E-state index >= 15 is 0 Å². The number of carbonyl (C=O) groups excluding carboxylic acids is 2. The number of rotatable bonds is 4. The largest absolute Gasteiger partial charge is 0.384 e. The van der Waals surface area contributed by atoms with E-state index in [9.17, 15) is 9.59 Å². The number of amides is 2. The second-order valence-corrected chi connectivity index (χ2v) is 7.47. The van der Waals surface area contributed by atoms with Crippen LogP contribution in [0.25, 0.3) is 0 Å². The molecule has 0 aliphatic carbocycles. The summed E-state index contributed by atoms with van der Waals surface area (Å²) in [4.78, 5) is 30.0. The molecular weight excluding hydrogens is 362 g/mol. The first-order valence-corrected chi connectivity index (χ1v) is 9.36. The highest BCUT2D eigenvalue weighted by Crippen LogP contribution is 2.32. The molecule has 3 heterocycles. The summed E-state index contributed by atoms with van der Waals surface area (Å²) in [5.41, 5.74) is -0.403. The Balaban J connectivity index is 0.00000225. The number of hydrogen-bond acceptors (Lipinski definition) is 5. The zero-order valence-corrected chi connectivity index (χ0v) is 16.2. The van der Waals surface area contributed by atoms with Crippen molar-refractivity contribution in [3.05, 3.63) is 22.4 Å². The van der Waals surface area contributed by atoms with Gasteiger partial charge in [0.1, 0.15) is 0 Å². The molecule has 3 rings (SSSR count). The van der Waals surface area contributed by atoms with Crippen molar-refractivity contribution in [1.29, 1.82) is 0 Å². The standard InChI is InChI=1S/C17H25N3O3S.ClH/c1-23-13-17(4-6-18-7-5-17)16(22)20-10-8-19(9-11-20)15(21)14-3-2-12-24-14;/h2-3,12,18H,4-11,13H2,1H3;1H. The number of nitrogens with one attached hydrogen (secondary N) is 1. The fourth-order valence-electron chi connectivity index (χ4n) is 3.61. The van der Waals surface area contributed by atoms with E-state index in [1.54, 1.807) is 7.11 Å². The van der Waals surface area contributed by atoms with E-state index in [2.05, 4.69) is 5.32 Å². The molecule has 1 aromatic heterocycles. The predicted octanol–water partition coefficient (Wildman–Crippen LogP) is 1.47. The Morgan fingerprint density at radius 2 is 1.84 bits per heavy atom. The Hall–Kier alpha value is -1.15. The Kier molecular flexibility index (Phi) is 7.25. The van der Waals surface area contributed by atoms with Gasteiger partial charge in [-0.15, -0.1) is 23.7 Å². The van der Waals surface area contributed by atoms with Gasteiger partial charge in [0.05, 0.1) is 16.9 Å². The van der Waals surface area contributed by atoms with Crippen LogP contribution in [0.5, 0.6) is 0 Å². The van der Waals surface area contributed by atoms with Gasteiger partial charge in [0.2, 0.25) is 5.91 Å². The van der Waals surface area contributed by atoms with Gasteiger partial charge in [-0.05, 0) is 37.4 Å². The van der Waals surface area contributed by atoms with Gasteiger partial charge in [-0.3, -0.25) is 9.59 Å². The van der Waals surface area contributed by atoms with Crippen molar-refractivity contribution in [2.75, 3.05) is 53.0 Å². The minimum Gasteiger partial charge on any atom is -0.384 e. The SMILES string of the molecule is COCC1(C(=O)N2CCN(C(=O)c3cccs3)CC2)CCNCC1.Cl. The van der Waals surface area contributed by atoms with Crippen LogP contribution >= 0.6 is 23.7 Å². The number of piperazine rings is 1. The van der Waals surface area contributed by atoms with Crippen molar-refractivity contribution in [3.63, 3.8) is 0 Å². The molecular formula is C17H26ClN3O3S. The molecule has 0 atom stereocenters. The molecule has 0 radical (unpaired) electrons. The van der Waals surface area contributed by atoms with E-state index in [1.165, 1.54) is 11.3 Å². The summed E-state index contributed by atoms with van der Waals surface area (Å²) in [6.45, 7) is 4.59. The lowest BCUT2D eigenvalue weighted by Gasteiger charge is -2.42. The van der Waals surface area contributed by atoms with Crippen LogP contribution in [-0.4, -0.2) is 74.6 Å². The van der Waals surface area contributed by atoms with Gasteiger partial charge in [0.15, 0.2) is 0 Å². The van der Waals surface area contributed by atoms with Crippen LogP contribution in [0.3, 0.4) is 0 Å². The summed E-state index contributed by atoms with van der Waals surface area (Å²) in [6.07, 6.45) is 1.63. The van der Waals surface area contributed by atoms with E-state index in [0.29, 0.717) is 32.8 Å². The maximum Gasteiger partial charge on any atom is 0.264 e. The highest BCUT2D eigenvalue weighted by atomic mass is 35.5. The summed E-state index contributed by atoms with van der Waals surface area (Å²) < 4.78 is 5.37. The van der Waals surface area contributed by atoms with Gasteiger partial charge in [-0.25, -0.2) is 0 Å². The Labute approximate surface area is 158 Å². The number of piperidine rings is 1. The summed E-state index contributed by atoms with van der Waals surface area (Å²) in [5.74, 6) is 0.264. The smallest absolute Gasteiger partial charge is 0.264 e. The maximum atomic E-state index is 13.1. The average molecular weight is 388 g/mol. The van der Waals surface area contributed by atoms with Gasteiger partial charge < -0.3 is 19.9 Å². The third-order valence-corrected chi connectivity index (χ3v) is 5.88. The molecule has 0 saturated carbocycles. The lowest BCUT2D eigenvalue weighted by Crippen LogP contribution is -2.57. The van der Waals surface area contributed by atoms with Crippen molar-refractivity contribution in [1.82, 2.24) is 15.1 Å². The summed E-state index contributed by atoms with van der Waals surface area (Å²) in [6, 6.07) is 3.75. The normalized spacial score (nSPS) is 20.0. The van der Waals surface area contributed by atoms with Gasteiger partial charge in [0, 0.05) is 33.3 Å². The highest BCUT2D eigenvalue weighted by molar-refractivity contribution is 7.12. The Bertz CT molecular complexity index is 562. The molecule has 1 N–H and O–H groups in total. The van der Waals surface area contributed by atoms with Crippen LogP contribution in [0.4, 0.5) is 0 Å². The van der Waals surface area contributed by atoms with Crippen LogP contribution in [0.15, 0.2) is 17.5 Å². The number of thiophene rings is 1. The van der Waals surface area contributed by atoms with Gasteiger partial charge in [-0.1, -0.05) is 6.07 Å². The summed E-state index contributed by atoms with van der Waals surface area (Å²) >= 11 is 1.47. The molecule has 2 saturated heterocycles. The second-order valence-electron chi connectivity index (χ2n) is 6.53. The van der Waals surface area contributed by atoms with Crippen molar-refractivity contribution >= 4 is 35.6 Å². The molecule has 140 valence electrons. The highest BCUT2D eigenvalue weighted by Gasteiger charge is 2.43. The maximum absolute atomic E-state index is 13.1. The molecule has 0 aromatic carbocycles. The topological polar surface area (TPSA) is 61.9 Å². The van der Waals surface area contributed by atoms with Crippen LogP contribution in [0.1, 0.15) is 22.5 Å². The summed E-state index contributed by atoms with van der Waals surface area (Å²) in [7, 11) is 1.66. The van der Waals surface area contributed by atoms with Crippen molar-refractivity contribution < 1.29 is 14.3 Å². The molecule has 2 aliphatic heterocycles. The number of methoxy groups -OCH3 is 1. The molecule has 6 nitrogen and oxygen atoms in total. The Morgan fingerprint density at radius 1 is 1.20 bits per heavy atom.